The van der Waals surface area contributed by atoms with Gasteiger partial charge in [0.15, 0.2) is 10.0 Å². The van der Waals surface area contributed by atoms with Gasteiger partial charge in [-0.1, -0.05) is 22.9 Å². The zero-order chi connectivity index (χ0) is 14.0. The Hall–Kier alpha value is -1.18. The maximum Gasteiger partial charge on any atom is 0.351 e. The van der Waals surface area contributed by atoms with Crippen LogP contribution >= 0.6 is 38.9 Å². The van der Waals surface area contributed by atoms with Crippen molar-refractivity contribution in [3.05, 3.63) is 38.5 Å². The van der Waals surface area contributed by atoms with Gasteiger partial charge in [-0.25, -0.2) is 9.18 Å². The molecule has 0 spiro atoms. The van der Waals surface area contributed by atoms with Crippen molar-refractivity contribution >= 4 is 44.8 Å². The number of benzene rings is 1. The molecule has 0 saturated carbocycles. The van der Waals surface area contributed by atoms with Crippen LogP contribution in [0.2, 0.25) is 5.15 Å². The zero-order valence-corrected chi connectivity index (χ0v) is 12.6. The zero-order valence-electron chi connectivity index (χ0n) is 9.45. The normalized spacial score (nSPS) is 10.3. The van der Waals surface area contributed by atoms with Crippen LogP contribution in [0.5, 0.6) is 10.9 Å². The molecular formula is C11H6BrClFNO3S. The summed E-state index contributed by atoms with van der Waals surface area (Å²) in [5.74, 6) is -0.810. The number of methoxy groups -OCH3 is 1. The predicted molar refractivity (Wildman–Crippen MR) is 72.6 cm³/mol. The van der Waals surface area contributed by atoms with E-state index in [9.17, 15) is 9.18 Å². The van der Waals surface area contributed by atoms with Crippen LogP contribution in [0.15, 0.2) is 22.7 Å². The van der Waals surface area contributed by atoms with Crippen LogP contribution in [0.1, 0.15) is 9.67 Å². The van der Waals surface area contributed by atoms with Crippen molar-refractivity contribution in [2.24, 2.45) is 0 Å². The second kappa shape index (κ2) is 5.85. The number of carbonyl (C=O) groups excluding carboxylic acids is 1. The maximum atomic E-state index is 13.3. The maximum absolute atomic E-state index is 13.3. The quantitative estimate of drug-likeness (QED) is 0.761. The van der Waals surface area contributed by atoms with Crippen molar-refractivity contribution in [1.29, 1.82) is 0 Å². The van der Waals surface area contributed by atoms with Crippen molar-refractivity contribution in [2.75, 3.05) is 7.11 Å². The average molecular weight is 367 g/mol. The summed E-state index contributed by atoms with van der Waals surface area (Å²) in [6.07, 6.45) is 0. The molecule has 0 aliphatic rings. The van der Waals surface area contributed by atoms with Gasteiger partial charge in [-0.15, -0.1) is 0 Å². The van der Waals surface area contributed by atoms with E-state index in [4.69, 9.17) is 16.3 Å². The van der Waals surface area contributed by atoms with Crippen molar-refractivity contribution in [3.63, 3.8) is 0 Å². The number of ether oxygens (including phenoxy) is 2. The van der Waals surface area contributed by atoms with Gasteiger partial charge in [-0.3, -0.25) is 0 Å². The van der Waals surface area contributed by atoms with Gasteiger partial charge >= 0.3 is 5.97 Å². The molecule has 4 nitrogen and oxygen atoms in total. The molecule has 100 valence electrons. The largest absolute Gasteiger partial charge is 0.465 e. The minimum Gasteiger partial charge on any atom is -0.465 e. The Labute approximate surface area is 125 Å². The molecule has 0 aliphatic heterocycles. The molecule has 19 heavy (non-hydrogen) atoms. The fourth-order valence-corrected chi connectivity index (χ4v) is 2.50. The molecule has 0 aliphatic carbocycles. The number of hydrogen-bond donors (Lipinski definition) is 0. The summed E-state index contributed by atoms with van der Waals surface area (Å²) in [6, 6.07) is 4.25. The molecule has 2 aromatic rings. The summed E-state index contributed by atoms with van der Waals surface area (Å²) >= 11 is 9.73. The Kier molecular flexibility index (Phi) is 4.38. The van der Waals surface area contributed by atoms with E-state index in [1.54, 1.807) is 6.07 Å². The van der Waals surface area contributed by atoms with Crippen LogP contribution in [0, 0.1) is 5.82 Å². The molecule has 1 heterocycles. The van der Waals surface area contributed by atoms with Gasteiger partial charge in [0.2, 0.25) is 0 Å². The van der Waals surface area contributed by atoms with Gasteiger partial charge in [0.05, 0.1) is 11.6 Å². The van der Waals surface area contributed by atoms with Gasteiger partial charge in [0, 0.05) is 6.07 Å². The van der Waals surface area contributed by atoms with E-state index in [0.29, 0.717) is 4.47 Å². The Morgan fingerprint density at radius 2 is 2.26 bits per heavy atom. The summed E-state index contributed by atoms with van der Waals surface area (Å²) in [4.78, 5) is 15.3. The van der Waals surface area contributed by atoms with Gasteiger partial charge in [0.25, 0.3) is 5.19 Å². The van der Waals surface area contributed by atoms with Gasteiger partial charge < -0.3 is 9.47 Å². The predicted octanol–water partition coefficient (Wildman–Crippen LogP) is 4.28. The van der Waals surface area contributed by atoms with Crippen molar-refractivity contribution < 1.29 is 18.7 Å². The van der Waals surface area contributed by atoms with Crippen LogP contribution in [-0.2, 0) is 4.74 Å². The summed E-state index contributed by atoms with van der Waals surface area (Å²) in [5, 5.41) is 0.122. The highest BCUT2D eigenvalue weighted by Crippen LogP contribution is 2.33. The molecule has 0 saturated heterocycles. The number of hydrogen-bond acceptors (Lipinski definition) is 5. The highest BCUT2D eigenvalue weighted by molar-refractivity contribution is 9.10. The van der Waals surface area contributed by atoms with Crippen LogP contribution in [0.4, 0.5) is 4.39 Å². The first-order valence-electron chi connectivity index (χ1n) is 4.89. The number of carbonyl (C=O) groups is 1. The lowest BCUT2D eigenvalue weighted by Gasteiger charge is -2.01. The minimum atomic E-state index is -0.598. The standard InChI is InChI=1S/C11H6BrClFNO3S/c1-17-10(16)8-9(13)15-11(19-8)18-5-2-3-6(12)7(14)4-5/h2-4H,1H3. The van der Waals surface area contributed by atoms with E-state index in [2.05, 4.69) is 25.7 Å². The summed E-state index contributed by atoms with van der Waals surface area (Å²) in [7, 11) is 1.24. The fraction of sp³-hybridized carbons (Fsp3) is 0.0909. The van der Waals surface area contributed by atoms with Gasteiger partial charge in [0.1, 0.15) is 11.6 Å². The molecule has 1 aromatic carbocycles. The minimum absolute atomic E-state index is 0.00978. The van der Waals surface area contributed by atoms with Gasteiger partial charge in [-0.05, 0) is 28.1 Å². The number of rotatable bonds is 3. The molecule has 0 fully saturated rings. The second-order valence-corrected chi connectivity index (χ2v) is 5.44. The Balaban J connectivity index is 2.24. The molecule has 0 bridgehead atoms. The SMILES string of the molecule is COC(=O)c1sc(Oc2ccc(Br)c(F)c2)nc1Cl. The first kappa shape index (κ1) is 14.2. The monoisotopic (exact) mass is 365 g/mol. The topological polar surface area (TPSA) is 48.4 Å². The Morgan fingerprint density at radius 1 is 1.53 bits per heavy atom. The average Bonchev–Trinajstić information content (AvgIpc) is 2.74. The van der Waals surface area contributed by atoms with E-state index >= 15 is 0 Å². The van der Waals surface area contributed by atoms with E-state index in [-0.39, 0.29) is 21.0 Å². The third kappa shape index (κ3) is 3.23. The number of thiazole rings is 1. The summed E-state index contributed by atoms with van der Waals surface area (Å²) < 4.78 is 23.5. The van der Waals surface area contributed by atoms with E-state index in [1.807, 2.05) is 0 Å². The number of esters is 1. The number of halogens is 3. The molecule has 0 N–H and O–H groups in total. The molecule has 0 radical (unpaired) electrons. The molecule has 0 atom stereocenters. The highest BCUT2D eigenvalue weighted by Gasteiger charge is 2.18. The lowest BCUT2D eigenvalue weighted by Crippen LogP contribution is -1.98. The van der Waals surface area contributed by atoms with E-state index in [0.717, 1.165) is 11.3 Å². The number of aromatic nitrogens is 1. The molecule has 8 heteroatoms. The van der Waals surface area contributed by atoms with Crippen LogP contribution in [0.3, 0.4) is 0 Å². The third-order valence-electron chi connectivity index (χ3n) is 2.03. The Morgan fingerprint density at radius 3 is 2.89 bits per heavy atom. The molecule has 2 rings (SSSR count). The van der Waals surface area contributed by atoms with Crippen LogP contribution in [-0.4, -0.2) is 18.1 Å². The van der Waals surface area contributed by atoms with Crippen molar-refractivity contribution in [3.8, 4) is 10.9 Å². The Bertz CT molecular complexity index is 634. The molecular weight excluding hydrogens is 361 g/mol. The van der Waals surface area contributed by atoms with E-state index < -0.39 is 11.8 Å². The molecule has 1 aromatic heterocycles. The van der Waals surface area contributed by atoms with Crippen LogP contribution in [0.25, 0.3) is 0 Å². The highest BCUT2D eigenvalue weighted by atomic mass is 79.9. The molecule has 0 unspecified atom stereocenters. The molecule has 0 amide bonds. The van der Waals surface area contributed by atoms with Gasteiger partial charge in [-0.2, -0.15) is 4.98 Å². The first-order chi connectivity index (χ1) is 9.01. The fourth-order valence-electron chi connectivity index (χ4n) is 1.19. The first-order valence-corrected chi connectivity index (χ1v) is 6.87. The smallest absolute Gasteiger partial charge is 0.351 e. The lowest BCUT2D eigenvalue weighted by molar-refractivity contribution is 0.0606. The lowest BCUT2D eigenvalue weighted by atomic mass is 10.3. The third-order valence-corrected chi connectivity index (χ3v) is 3.98. The van der Waals surface area contributed by atoms with Crippen molar-refractivity contribution in [2.45, 2.75) is 0 Å². The van der Waals surface area contributed by atoms with Crippen molar-refractivity contribution in [1.82, 2.24) is 4.98 Å². The number of nitrogens with zero attached hydrogens (tertiary/aromatic N) is 1. The van der Waals surface area contributed by atoms with E-state index in [1.165, 1.54) is 19.2 Å². The summed E-state index contributed by atoms with van der Waals surface area (Å²) in [5.41, 5.74) is 0. The summed E-state index contributed by atoms with van der Waals surface area (Å²) in [6.45, 7) is 0. The van der Waals surface area contributed by atoms with Crippen LogP contribution < -0.4 is 4.74 Å². The second-order valence-electron chi connectivity index (χ2n) is 3.27.